The zero-order valence-electron chi connectivity index (χ0n) is 18.1. The molecule has 2 heterocycles. The van der Waals surface area contributed by atoms with Gasteiger partial charge in [-0.2, -0.15) is 13.2 Å². The van der Waals surface area contributed by atoms with Crippen LogP contribution >= 0.6 is 0 Å². The number of fused-ring (bicyclic) bond motifs is 1. The molecule has 0 aliphatic rings. The van der Waals surface area contributed by atoms with E-state index in [0.29, 0.717) is 27.9 Å². The highest BCUT2D eigenvalue weighted by Gasteiger charge is 2.35. The Balaban J connectivity index is 1.96. The molecule has 0 fully saturated rings. The van der Waals surface area contributed by atoms with Gasteiger partial charge in [0.2, 0.25) is 0 Å². The summed E-state index contributed by atoms with van der Waals surface area (Å²) in [7, 11) is 3.00. The Bertz CT molecular complexity index is 1690. The van der Waals surface area contributed by atoms with E-state index in [2.05, 4.69) is 0 Å². The third-order valence-corrected chi connectivity index (χ3v) is 5.64. The number of hydrogen-bond donors (Lipinski definition) is 0. The summed E-state index contributed by atoms with van der Waals surface area (Å²) in [6, 6.07) is 6.59. The topological polar surface area (TPSA) is 111 Å². The van der Waals surface area contributed by atoms with Crippen molar-refractivity contribution in [1.29, 1.82) is 0 Å². The van der Waals surface area contributed by atoms with E-state index in [1.54, 1.807) is 0 Å². The van der Waals surface area contributed by atoms with Crippen LogP contribution in [0.25, 0.3) is 16.7 Å². The lowest BCUT2D eigenvalue weighted by Gasteiger charge is -2.15. The molecular weight excluding hydrogens is 476 g/mol. The summed E-state index contributed by atoms with van der Waals surface area (Å²) in [5.74, 6) is -3.65. The highest BCUT2D eigenvalue weighted by atomic mass is 19.4. The Hall–Kier alpha value is -4.42. The number of aromatic carboxylic acids is 1. The van der Waals surface area contributed by atoms with Crippen molar-refractivity contribution in [2.75, 3.05) is 0 Å². The first-order chi connectivity index (χ1) is 16.3. The molecule has 0 bridgehead atoms. The zero-order valence-corrected chi connectivity index (χ0v) is 18.1. The molecular formula is C22H15F4N4O5-. The monoisotopic (exact) mass is 491 g/mol. The van der Waals surface area contributed by atoms with Crippen LogP contribution in [0.2, 0.25) is 0 Å². The molecule has 0 spiro atoms. The van der Waals surface area contributed by atoms with Gasteiger partial charge in [0.15, 0.2) is 0 Å². The molecule has 0 amide bonds. The van der Waals surface area contributed by atoms with Crippen LogP contribution in [0.1, 0.15) is 21.5 Å². The zero-order chi connectivity index (χ0) is 25.8. The number of aromatic nitrogens is 4. The second-order valence-electron chi connectivity index (χ2n) is 7.72. The van der Waals surface area contributed by atoms with Crippen LogP contribution in [0.5, 0.6) is 0 Å². The second-order valence-corrected chi connectivity index (χ2v) is 7.72. The average Bonchev–Trinajstić information content (AvgIpc) is 3.00. The van der Waals surface area contributed by atoms with E-state index in [1.165, 1.54) is 41.4 Å². The molecule has 0 radical (unpaired) electrons. The van der Waals surface area contributed by atoms with Crippen molar-refractivity contribution in [3.63, 3.8) is 0 Å². The fraction of sp³-hybridized carbons (Fsp3) is 0.182. The van der Waals surface area contributed by atoms with E-state index in [0.717, 1.165) is 16.7 Å². The molecule has 0 aliphatic carbocycles. The summed E-state index contributed by atoms with van der Waals surface area (Å²) in [5, 5.41) is 11.6. The van der Waals surface area contributed by atoms with E-state index in [4.69, 9.17) is 0 Å². The van der Waals surface area contributed by atoms with Gasteiger partial charge in [0, 0.05) is 25.9 Å². The summed E-state index contributed by atoms with van der Waals surface area (Å²) in [5.41, 5.74) is -5.20. The van der Waals surface area contributed by atoms with Crippen molar-refractivity contribution in [3.05, 3.63) is 96.4 Å². The first kappa shape index (κ1) is 23.7. The number of nitrogens with zero attached hydrogens (tertiary/aromatic N) is 4. The lowest BCUT2D eigenvalue weighted by Crippen LogP contribution is -2.44. The molecule has 0 atom stereocenters. The SMILES string of the molecule is Cn1c(=O)n(C)c2cc(-n3cc(C(=O)[O-])c(=O)n(Cc4cccc(C(F)(F)F)c4F)c3=O)ccc21. The van der Waals surface area contributed by atoms with Gasteiger partial charge < -0.3 is 9.90 Å². The molecule has 0 N–H and O–H groups in total. The number of aryl methyl sites for hydroxylation is 2. The smallest absolute Gasteiger partial charge is 0.419 e. The van der Waals surface area contributed by atoms with Crippen LogP contribution < -0.4 is 22.0 Å². The number of halogens is 4. The number of imidazole rings is 1. The Morgan fingerprint density at radius 1 is 0.971 bits per heavy atom. The molecule has 0 unspecified atom stereocenters. The standard InChI is InChI=1S/C22H16F4N4O5/c1-27-15-7-6-12(8-16(15)28(2)20(27)34)29-10-13(19(32)33)18(31)30(21(29)35)9-11-4-3-5-14(17(11)23)22(24,25)26/h3-8,10H,9H2,1-2H3,(H,32,33)/p-1. The highest BCUT2D eigenvalue weighted by molar-refractivity contribution is 5.85. The van der Waals surface area contributed by atoms with E-state index in [9.17, 15) is 41.8 Å². The Morgan fingerprint density at radius 2 is 1.63 bits per heavy atom. The Labute approximate surface area is 192 Å². The van der Waals surface area contributed by atoms with Crippen LogP contribution in [-0.4, -0.2) is 24.2 Å². The van der Waals surface area contributed by atoms with Crippen molar-refractivity contribution in [1.82, 2.24) is 18.3 Å². The van der Waals surface area contributed by atoms with E-state index in [1.807, 2.05) is 0 Å². The second kappa shape index (κ2) is 8.11. The van der Waals surface area contributed by atoms with Crippen LogP contribution in [0.3, 0.4) is 0 Å². The molecule has 4 rings (SSSR count). The minimum atomic E-state index is -5.03. The number of rotatable bonds is 4. The molecule has 4 aromatic rings. The third kappa shape index (κ3) is 3.84. The predicted molar refractivity (Wildman–Crippen MR) is 113 cm³/mol. The van der Waals surface area contributed by atoms with Gasteiger partial charge in [-0.05, 0) is 24.3 Å². The minimum Gasteiger partial charge on any atom is -0.545 e. The maximum absolute atomic E-state index is 14.6. The van der Waals surface area contributed by atoms with Crippen LogP contribution in [0, 0.1) is 5.82 Å². The molecule has 9 nitrogen and oxygen atoms in total. The fourth-order valence-electron chi connectivity index (χ4n) is 3.80. The van der Waals surface area contributed by atoms with E-state index >= 15 is 0 Å². The number of benzene rings is 2. The van der Waals surface area contributed by atoms with Crippen molar-refractivity contribution in [2.45, 2.75) is 12.7 Å². The molecule has 35 heavy (non-hydrogen) atoms. The number of alkyl halides is 3. The largest absolute Gasteiger partial charge is 0.545 e. The van der Waals surface area contributed by atoms with Gasteiger partial charge >= 0.3 is 17.6 Å². The normalized spacial score (nSPS) is 11.8. The van der Waals surface area contributed by atoms with E-state index < -0.39 is 52.4 Å². The average molecular weight is 491 g/mol. The van der Waals surface area contributed by atoms with Crippen LogP contribution in [0.15, 0.2) is 57.0 Å². The van der Waals surface area contributed by atoms with Gasteiger partial charge in [0.25, 0.3) is 5.56 Å². The quantitative estimate of drug-likeness (QED) is 0.392. The summed E-state index contributed by atoms with van der Waals surface area (Å²) < 4.78 is 57.5. The van der Waals surface area contributed by atoms with E-state index in [-0.39, 0.29) is 11.4 Å². The van der Waals surface area contributed by atoms with Gasteiger partial charge in [0.05, 0.1) is 40.4 Å². The lowest BCUT2D eigenvalue weighted by molar-refractivity contribution is -0.255. The molecule has 0 aliphatic heterocycles. The third-order valence-electron chi connectivity index (χ3n) is 5.64. The number of carbonyl (C=O) groups is 1. The van der Waals surface area contributed by atoms with Crippen molar-refractivity contribution in [2.24, 2.45) is 14.1 Å². The van der Waals surface area contributed by atoms with Crippen molar-refractivity contribution in [3.8, 4) is 5.69 Å². The molecule has 13 heteroatoms. The van der Waals surface area contributed by atoms with Gasteiger partial charge in [-0.25, -0.2) is 14.0 Å². The highest BCUT2D eigenvalue weighted by Crippen LogP contribution is 2.32. The number of hydrogen-bond acceptors (Lipinski definition) is 5. The Kier molecular flexibility index (Phi) is 5.50. The summed E-state index contributed by atoms with van der Waals surface area (Å²) >= 11 is 0. The summed E-state index contributed by atoms with van der Waals surface area (Å²) in [4.78, 5) is 49.6. The molecule has 2 aromatic heterocycles. The Morgan fingerprint density at radius 3 is 2.26 bits per heavy atom. The van der Waals surface area contributed by atoms with Crippen LogP contribution in [-0.2, 0) is 26.8 Å². The summed E-state index contributed by atoms with van der Waals surface area (Å²) in [6.07, 6.45) is -4.32. The lowest BCUT2D eigenvalue weighted by atomic mass is 10.1. The maximum atomic E-state index is 14.6. The minimum absolute atomic E-state index is 0.0458. The van der Waals surface area contributed by atoms with Gasteiger partial charge in [0.1, 0.15) is 5.82 Å². The molecule has 0 saturated heterocycles. The van der Waals surface area contributed by atoms with Crippen LogP contribution in [0.4, 0.5) is 17.6 Å². The van der Waals surface area contributed by atoms with Gasteiger partial charge in [-0.15, -0.1) is 0 Å². The van der Waals surface area contributed by atoms with Crippen molar-refractivity contribution >= 4 is 17.0 Å². The van der Waals surface area contributed by atoms with Gasteiger partial charge in [-0.1, -0.05) is 12.1 Å². The number of carbonyl (C=O) groups excluding carboxylic acids is 1. The summed E-state index contributed by atoms with van der Waals surface area (Å²) in [6.45, 7) is -0.972. The van der Waals surface area contributed by atoms with Crippen molar-refractivity contribution < 1.29 is 27.5 Å². The fourth-order valence-corrected chi connectivity index (χ4v) is 3.80. The van der Waals surface area contributed by atoms with Gasteiger partial charge in [-0.3, -0.25) is 23.1 Å². The maximum Gasteiger partial charge on any atom is 0.419 e. The molecule has 2 aromatic carbocycles. The first-order valence-corrected chi connectivity index (χ1v) is 9.91. The number of carboxylic acids is 1. The predicted octanol–water partition coefficient (Wildman–Crippen LogP) is 0.759. The number of carboxylic acid groups (broad SMARTS) is 1. The first-order valence-electron chi connectivity index (χ1n) is 9.91. The molecule has 182 valence electrons. The molecule has 0 saturated carbocycles.